The minimum Gasteiger partial charge on any atom is -0.464 e. The molecule has 0 fully saturated rings. The highest BCUT2D eigenvalue weighted by Gasteiger charge is 2.04. The first-order chi connectivity index (χ1) is 12.7. The number of hydrogen-bond donors (Lipinski definition) is 0. The summed E-state index contributed by atoms with van der Waals surface area (Å²) < 4.78 is 5.87. The molecule has 2 nitrogen and oxygen atoms in total. The van der Waals surface area contributed by atoms with E-state index in [2.05, 4.69) is 91.8 Å². The third-order valence-corrected chi connectivity index (χ3v) is 4.95. The first kappa shape index (κ1) is 18.6. The summed E-state index contributed by atoms with van der Waals surface area (Å²) in [4.78, 5) is 2.12. The standard InChI is InChI=1S/C23H25NOS/c1-24(2)16-22-13-14-23(25-22)18-26-17-21-10-6-9-20(15-21)12-11-19-7-4-3-5-8-19/h3-15H,16-18H2,1-2H3/b12-11+. The summed E-state index contributed by atoms with van der Waals surface area (Å²) in [5.41, 5.74) is 3.79. The average molecular weight is 364 g/mol. The maximum absolute atomic E-state index is 5.87. The molecular formula is C23H25NOS. The van der Waals surface area contributed by atoms with Crippen LogP contribution in [0.15, 0.2) is 71.1 Å². The van der Waals surface area contributed by atoms with Gasteiger partial charge in [0.25, 0.3) is 0 Å². The van der Waals surface area contributed by atoms with Gasteiger partial charge in [-0.15, -0.1) is 11.8 Å². The average Bonchev–Trinajstić information content (AvgIpc) is 3.08. The predicted molar refractivity (Wildman–Crippen MR) is 113 cm³/mol. The van der Waals surface area contributed by atoms with E-state index in [1.807, 2.05) is 17.8 Å². The minimum absolute atomic E-state index is 0.848. The fourth-order valence-corrected chi connectivity index (χ4v) is 3.58. The Hall–Kier alpha value is -2.23. The Morgan fingerprint density at radius 3 is 2.35 bits per heavy atom. The van der Waals surface area contributed by atoms with Crippen molar-refractivity contribution in [3.63, 3.8) is 0 Å². The molecule has 0 radical (unpaired) electrons. The fourth-order valence-electron chi connectivity index (χ4n) is 2.71. The van der Waals surface area contributed by atoms with Gasteiger partial charge in [-0.1, -0.05) is 66.7 Å². The molecule has 0 saturated heterocycles. The molecule has 2 aromatic carbocycles. The Bertz CT molecular complexity index is 836. The normalized spacial score (nSPS) is 11.5. The molecule has 0 saturated carbocycles. The monoisotopic (exact) mass is 363 g/mol. The molecule has 0 spiro atoms. The number of benzene rings is 2. The Balaban J connectivity index is 1.52. The van der Waals surface area contributed by atoms with Crippen molar-refractivity contribution in [2.24, 2.45) is 0 Å². The van der Waals surface area contributed by atoms with Crippen LogP contribution in [0.2, 0.25) is 0 Å². The van der Waals surface area contributed by atoms with E-state index < -0.39 is 0 Å². The number of furan rings is 1. The molecule has 26 heavy (non-hydrogen) atoms. The van der Waals surface area contributed by atoms with E-state index in [-0.39, 0.29) is 0 Å². The number of nitrogens with zero attached hydrogens (tertiary/aromatic N) is 1. The molecule has 0 aliphatic heterocycles. The van der Waals surface area contributed by atoms with E-state index in [0.717, 1.165) is 29.6 Å². The summed E-state index contributed by atoms with van der Waals surface area (Å²) in [6, 6.07) is 23.3. The van der Waals surface area contributed by atoms with Crippen LogP contribution in [0.25, 0.3) is 12.2 Å². The van der Waals surface area contributed by atoms with Gasteiger partial charge in [0.05, 0.1) is 12.3 Å². The summed E-state index contributed by atoms with van der Waals surface area (Å²) in [5, 5.41) is 0. The van der Waals surface area contributed by atoms with Crippen LogP contribution in [-0.2, 0) is 18.1 Å². The smallest absolute Gasteiger partial charge is 0.118 e. The van der Waals surface area contributed by atoms with Gasteiger partial charge in [0.15, 0.2) is 0 Å². The maximum atomic E-state index is 5.87. The van der Waals surface area contributed by atoms with Crippen LogP contribution in [0.4, 0.5) is 0 Å². The van der Waals surface area contributed by atoms with Gasteiger partial charge in [-0.3, -0.25) is 0 Å². The molecule has 3 aromatic rings. The van der Waals surface area contributed by atoms with Crippen molar-refractivity contribution < 1.29 is 4.42 Å². The quantitative estimate of drug-likeness (QED) is 0.461. The van der Waals surface area contributed by atoms with Crippen LogP contribution < -0.4 is 0 Å². The summed E-state index contributed by atoms with van der Waals surface area (Å²) in [7, 11) is 4.10. The molecular weight excluding hydrogens is 338 g/mol. The highest BCUT2D eigenvalue weighted by atomic mass is 32.2. The third kappa shape index (κ3) is 5.94. The van der Waals surface area contributed by atoms with Crippen molar-refractivity contribution in [3.05, 3.63) is 94.9 Å². The molecule has 0 amide bonds. The van der Waals surface area contributed by atoms with Gasteiger partial charge in [0, 0.05) is 5.75 Å². The molecule has 0 bridgehead atoms. The van der Waals surface area contributed by atoms with E-state index >= 15 is 0 Å². The van der Waals surface area contributed by atoms with Gasteiger partial charge in [-0.05, 0) is 42.9 Å². The van der Waals surface area contributed by atoms with Crippen LogP contribution in [0.5, 0.6) is 0 Å². The van der Waals surface area contributed by atoms with Gasteiger partial charge in [0.1, 0.15) is 11.5 Å². The lowest BCUT2D eigenvalue weighted by Crippen LogP contribution is -2.09. The van der Waals surface area contributed by atoms with E-state index in [0.29, 0.717) is 0 Å². The highest BCUT2D eigenvalue weighted by molar-refractivity contribution is 7.97. The topological polar surface area (TPSA) is 16.4 Å². The zero-order valence-corrected chi connectivity index (χ0v) is 16.2. The molecule has 0 atom stereocenters. The Labute approximate surface area is 160 Å². The molecule has 1 aromatic heterocycles. The van der Waals surface area contributed by atoms with Crippen LogP contribution >= 0.6 is 11.8 Å². The van der Waals surface area contributed by atoms with E-state index in [1.165, 1.54) is 16.7 Å². The zero-order chi connectivity index (χ0) is 18.2. The lowest BCUT2D eigenvalue weighted by atomic mass is 10.1. The highest BCUT2D eigenvalue weighted by Crippen LogP contribution is 2.21. The van der Waals surface area contributed by atoms with Crippen molar-refractivity contribution in [1.29, 1.82) is 0 Å². The Morgan fingerprint density at radius 1 is 0.808 bits per heavy atom. The number of rotatable bonds is 8. The van der Waals surface area contributed by atoms with Crippen LogP contribution in [0.1, 0.15) is 28.2 Å². The largest absolute Gasteiger partial charge is 0.464 e. The van der Waals surface area contributed by atoms with Gasteiger partial charge in [-0.2, -0.15) is 0 Å². The second kappa shape index (κ2) is 9.46. The van der Waals surface area contributed by atoms with E-state index in [1.54, 1.807) is 0 Å². The Morgan fingerprint density at radius 2 is 1.54 bits per heavy atom. The summed E-state index contributed by atoms with van der Waals surface area (Å²) in [6.07, 6.45) is 4.32. The minimum atomic E-state index is 0.848. The summed E-state index contributed by atoms with van der Waals surface area (Å²) in [5.74, 6) is 3.96. The molecule has 3 rings (SSSR count). The third-order valence-electron chi connectivity index (χ3n) is 3.92. The van der Waals surface area contributed by atoms with Gasteiger partial charge < -0.3 is 9.32 Å². The van der Waals surface area contributed by atoms with Crippen molar-refractivity contribution >= 4 is 23.9 Å². The molecule has 0 N–H and O–H groups in total. The molecule has 134 valence electrons. The second-order valence-electron chi connectivity index (χ2n) is 6.59. The zero-order valence-electron chi connectivity index (χ0n) is 15.4. The molecule has 0 aliphatic carbocycles. The maximum Gasteiger partial charge on any atom is 0.118 e. The van der Waals surface area contributed by atoms with Crippen LogP contribution in [-0.4, -0.2) is 19.0 Å². The van der Waals surface area contributed by atoms with Crippen LogP contribution in [0.3, 0.4) is 0 Å². The van der Waals surface area contributed by atoms with Crippen molar-refractivity contribution in [2.45, 2.75) is 18.1 Å². The lowest BCUT2D eigenvalue weighted by Gasteiger charge is -2.06. The van der Waals surface area contributed by atoms with Gasteiger partial charge in [0.2, 0.25) is 0 Å². The predicted octanol–water partition coefficient (Wildman–Crippen LogP) is 5.95. The molecule has 0 aliphatic rings. The van der Waals surface area contributed by atoms with Crippen molar-refractivity contribution in [3.8, 4) is 0 Å². The fraction of sp³-hybridized carbons (Fsp3) is 0.217. The van der Waals surface area contributed by atoms with E-state index in [9.17, 15) is 0 Å². The first-order valence-electron chi connectivity index (χ1n) is 8.81. The number of hydrogen-bond acceptors (Lipinski definition) is 3. The molecule has 0 unspecified atom stereocenters. The summed E-state index contributed by atoms with van der Waals surface area (Å²) >= 11 is 1.88. The van der Waals surface area contributed by atoms with Gasteiger partial charge in [-0.25, -0.2) is 0 Å². The SMILES string of the molecule is CN(C)Cc1ccc(CSCc2cccc(/C=C/c3ccccc3)c2)o1. The lowest BCUT2D eigenvalue weighted by molar-refractivity contribution is 0.344. The van der Waals surface area contributed by atoms with Crippen LogP contribution in [0, 0.1) is 0 Å². The number of thioether (sulfide) groups is 1. The van der Waals surface area contributed by atoms with Crippen molar-refractivity contribution in [1.82, 2.24) is 4.90 Å². The second-order valence-corrected chi connectivity index (χ2v) is 7.57. The molecule has 3 heteroatoms. The summed E-state index contributed by atoms with van der Waals surface area (Å²) in [6.45, 7) is 0.848. The van der Waals surface area contributed by atoms with Gasteiger partial charge >= 0.3 is 0 Å². The van der Waals surface area contributed by atoms with E-state index in [4.69, 9.17) is 4.42 Å². The van der Waals surface area contributed by atoms with Crippen molar-refractivity contribution in [2.75, 3.05) is 14.1 Å². The molecule has 1 heterocycles. The first-order valence-corrected chi connectivity index (χ1v) is 9.97. The Kier molecular flexibility index (Phi) is 6.75.